The molecular formula is C28H56NO7P. The number of rotatable bonds is 26. The van der Waals surface area contributed by atoms with Gasteiger partial charge in [0.05, 0.1) is 27.7 Å². The van der Waals surface area contributed by atoms with E-state index in [4.69, 9.17) is 9.26 Å². The number of allylic oxidation sites excluding steroid dienone is 2. The molecule has 2 atom stereocenters. The number of likely N-dealkylation sites (N-methyl/N-ethyl adjacent to an activating group) is 1. The number of nitrogens with zero attached hydrogens (tertiary/aromatic N) is 1. The summed E-state index contributed by atoms with van der Waals surface area (Å²) < 4.78 is 26.7. The number of quaternary nitrogens is 1. The van der Waals surface area contributed by atoms with Crippen LogP contribution in [0.25, 0.3) is 0 Å². The van der Waals surface area contributed by atoms with E-state index in [1.807, 2.05) is 21.1 Å². The van der Waals surface area contributed by atoms with Gasteiger partial charge in [-0.15, -0.1) is 0 Å². The number of carbonyl (C=O) groups excluding carboxylic acids is 1. The summed E-state index contributed by atoms with van der Waals surface area (Å²) in [6.07, 6.45) is 22.0. The van der Waals surface area contributed by atoms with Gasteiger partial charge >= 0.3 is 5.97 Å². The van der Waals surface area contributed by atoms with Crippen molar-refractivity contribution in [2.24, 2.45) is 0 Å². The van der Waals surface area contributed by atoms with Crippen molar-refractivity contribution in [3.63, 3.8) is 0 Å². The van der Waals surface area contributed by atoms with Crippen LogP contribution in [0.5, 0.6) is 0 Å². The lowest BCUT2D eigenvalue weighted by molar-refractivity contribution is -0.870. The van der Waals surface area contributed by atoms with Crippen LogP contribution < -0.4 is 4.89 Å². The van der Waals surface area contributed by atoms with E-state index in [2.05, 4.69) is 23.6 Å². The molecule has 0 aliphatic rings. The first-order valence-electron chi connectivity index (χ1n) is 14.4. The first kappa shape index (κ1) is 36.2. The second-order valence-electron chi connectivity index (χ2n) is 11.0. The molecule has 1 unspecified atom stereocenters. The number of aliphatic hydroxyl groups is 1. The molecule has 0 aromatic rings. The lowest BCUT2D eigenvalue weighted by atomic mass is 10.1. The van der Waals surface area contributed by atoms with E-state index in [-0.39, 0.29) is 13.2 Å². The highest BCUT2D eigenvalue weighted by atomic mass is 31.2. The van der Waals surface area contributed by atoms with Crippen LogP contribution in [-0.2, 0) is 23.1 Å². The molecule has 0 aliphatic heterocycles. The van der Waals surface area contributed by atoms with Crippen molar-refractivity contribution >= 4 is 13.8 Å². The molecule has 0 spiro atoms. The fourth-order valence-electron chi connectivity index (χ4n) is 3.64. The second kappa shape index (κ2) is 23.2. The molecule has 0 aromatic heterocycles. The van der Waals surface area contributed by atoms with Gasteiger partial charge in [-0.25, -0.2) is 0 Å². The van der Waals surface area contributed by atoms with Gasteiger partial charge in [0.15, 0.2) is 0 Å². The number of phosphoric ester groups is 1. The minimum absolute atomic E-state index is 0.00788. The minimum atomic E-state index is -4.49. The number of ether oxygens (including phenoxy) is 1. The van der Waals surface area contributed by atoms with Crippen LogP contribution in [0.2, 0.25) is 0 Å². The lowest BCUT2D eigenvalue weighted by Crippen LogP contribution is -2.37. The predicted octanol–water partition coefficient (Wildman–Crippen LogP) is 5.92. The maximum atomic E-state index is 11.8. The molecule has 0 saturated heterocycles. The maximum Gasteiger partial charge on any atom is 0.305 e. The number of hydrogen-bond donors (Lipinski definition) is 1. The molecule has 220 valence electrons. The molecule has 0 fully saturated rings. The Balaban J connectivity index is 3.54. The predicted molar refractivity (Wildman–Crippen MR) is 148 cm³/mol. The van der Waals surface area contributed by atoms with Crippen LogP contribution in [0.4, 0.5) is 0 Å². The van der Waals surface area contributed by atoms with E-state index in [0.29, 0.717) is 17.4 Å². The SMILES string of the molecule is CCCCCCCC/C=C\CCCCCCCCCC(=O)OC[C@@H](O)COP(=O)([O-])OCC[N+](C)(C)C. The first-order chi connectivity index (χ1) is 17.6. The van der Waals surface area contributed by atoms with Crippen molar-refractivity contribution in [2.75, 3.05) is 47.5 Å². The van der Waals surface area contributed by atoms with Gasteiger partial charge in [-0.2, -0.15) is 0 Å². The molecule has 9 heteroatoms. The van der Waals surface area contributed by atoms with Crippen molar-refractivity contribution in [2.45, 2.75) is 116 Å². The van der Waals surface area contributed by atoms with Crippen LogP contribution in [0.15, 0.2) is 12.2 Å². The van der Waals surface area contributed by atoms with Crippen molar-refractivity contribution in [3.8, 4) is 0 Å². The third-order valence-electron chi connectivity index (χ3n) is 6.02. The Morgan fingerprint density at radius 1 is 0.838 bits per heavy atom. The molecular weight excluding hydrogens is 493 g/mol. The molecule has 1 N–H and O–H groups in total. The van der Waals surface area contributed by atoms with E-state index >= 15 is 0 Å². The standard InChI is InChI=1S/C28H56NO7P/c1-5-6-7-8-9-10-11-12-13-14-15-16-17-18-19-20-21-22-28(31)34-25-27(30)26-36-37(32,33)35-24-23-29(2,3)4/h12-13,27,30H,5-11,14-26H2,1-4H3/b13-12-/t27-/m1/s1. The fourth-order valence-corrected chi connectivity index (χ4v) is 4.38. The summed E-state index contributed by atoms with van der Waals surface area (Å²) in [5, 5.41) is 9.81. The van der Waals surface area contributed by atoms with Gasteiger partial charge in [-0.05, 0) is 32.1 Å². The van der Waals surface area contributed by atoms with Gasteiger partial charge in [0.1, 0.15) is 25.9 Å². The van der Waals surface area contributed by atoms with Gasteiger partial charge in [0.25, 0.3) is 7.82 Å². The van der Waals surface area contributed by atoms with E-state index in [1.165, 1.54) is 77.0 Å². The number of hydrogen-bond acceptors (Lipinski definition) is 7. The quantitative estimate of drug-likeness (QED) is 0.0470. The van der Waals surface area contributed by atoms with Crippen LogP contribution in [-0.4, -0.2) is 69.2 Å². The molecule has 0 heterocycles. The van der Waals surface area contributed by atoms with Gasteiger partial charge in [-0.1, -0.05) is 83.3 Å². The molecule has 8 nitrogen and oxygen atoms in total. The lowest BCUT2D eigenvalue weighted by Gasteiger charge is -2.27. The third-order valence-corrected chi connectivity index (χ3v) is 6.98. The zero-order chi connectivity index (χ0) is 27.8. The van der Waals surface area contributed by atoms with Crippen molar-refractivity contribution in [3.05, 3.63) is 12.2 Å². The first-order valence-corrected chi connectivity index (χ1v) is 15.9. The molecule has 0 amide bonds. The zero-order valence-corrected chi connectivity index (χ0v) is 25.1. The highest BCUT2D eigenvalue weighted by Crippen LogP contribution is 2.38. The average Bonchev–Trinajstić information content (AvgIpc) is 2.82. The van der Waals surface area contributed by atoms with Gasteiger partial charge < -0.3 is 28.3 Å². The van der Waals surface area contributed by atoms with Crippen LogP contribution in [0.1, 0.15) is 110 Å². The summed E-state index contributed by atoms with van der Waals surface area (Å²) in [4.78, 5) is 23.5. The smallest absolute Gasteiger partial charge is 0.305 e. The monoisotopic (exact) mass is 549 g/mol. The molecule has 0 rings (SSSR count). The largest absolute Gasteiger partial charge is 0.756 e. The summed E-state index contributed by atoms with van der Waals surface area (Å²) in [5.74, 6) is -0.392. The van der Waals surface area contributed by atoms with Crippen LogP contribution >= 0.6 is 7.82 Å². The number of unbranched alkanes of at least 4 members (excludes halogenated alkanes) is 13. The van der Waals surface area contributed by atoms with Crippen molar-refractivity contribution < 1.29 is 37.6 Å². The van der Waals surface area contributed by atoms with Gasteiger partial charge in [0.2, 0.25) is 0 Å². The zero-order valence-electron chi connectivity index (χ0n) is 24.2. The van der Waals surface area contributed by atoms with Gasteiger partial charge in [-0.3, -0.25) is 9.36 Å². The fraction of sp³-hybridized carbons (Fsp3) is 0.893. The number of esters is 1. The van der Waals surface area contributed by atoms with Crippen molar-refractivity contribution in [1.82, 2.24) is 0 Å². The summed E-state index contributed by atoms with van der Waals surface area (Å²) >= 11 is 0. The second-order valence-corrected chi connectivity index (χ2v) is 12.4. The molecule has 0 saturated carbocycles. The summed E-state index contributed by atoms with van der Waals surface area (Å²) in [6, 6.07) is 0. The molecule has 37 heavy (non-hydrogen) atoms. The Hall–Kier alpha value is -0.760. The van der Waals surface area contributed by atoms with E-state index in [9.17, 15) is 19.4 Å². The summed E-state index contributed by atoms with van der Waals surface area (Å²) in [5.41, 5.74) is 0. The van der Waals surface area contributed by atoms with Gasteiger partial charge in [0, 0.05) is 6.42 Å². The number of phosphoric acid groups is 1. The summed E-state index contributed by atoms with van der Waals surface area (Å²) in [6.45, 7) is 1.93. The minimum Gasteiger partial charge on any atom is -0.756 e. The Morgan fingerprint density at radius 3 is 1.89 bits per heavy atom. The van der Waals surface area contributed by atoms with E-state index in [0.717, 1.165) is 19.3 Å². The number of carbonyl (C=O) groups is 1. The third kappa shape index (κ3) is 28.1. The van der Waals surface area contributed by atoms with Crippen molar-refractivity contribution in [1.29, 1.82) is 0 Å². The maximum absolute atomic E-state index is 11.8. The summed E-state index contributed by atoms with van der Waals surface area (Å²) in [7, 11) is 1.25. The Morgan fingerprint density at radius 2 is 1.35 bits per heavy atom. The van der Waals surface area contributed by atoms with Crippen LogP contribution in [0, 0.1) is 0 Å². The van der Waals surface area contributed by atoms with E-state index in [1.54, 1.807) is 0 Å². The molecule has 0 bridgehead atoms. The van der Waals surface area contributed by atoms with E-state index < -0.39 is 26.5 Å². The molecule has 0 aromatic carbocycles. The average molecular weight is 550 g/mol. The Kier molecular flexibility index (Phi) is 22.7. The Labute approximate surface area is 227 Å². The normalized spacial score (nSPS) is 14.6. The Bertz CT molecular complexity index is 622. The molecule has 0 aliphatic carbocycles. The number of aliphatic hydroxyl groups excluding tert-OH is 1. The molecule has 0 radical (unpaired) electrons. The highest BCUT2D eigenvalue weighted by molar-refractivity contribution is 7.45. The highest BCUT2D eigenvalue weighted by Gasteiger charge is 2.16. The topological polar surface area (TPSA) is 105 Å². The van der Waals surface area contributed by atoms with Crippen LogP contribution in [0.3, 0.4) is 0 Å².